The van der Waals surface area contributed by atoms with Crippen molar-refractivity contribution >= 4 is 15.8 Å². The third-order valence-corrected chi connectivity index (χ3v) is 6.46. The van der Waals surface area contributed by atoms with Gasteiger partial charge in [0.15, 0.2) is 9.84 Å². The third-order valence-electron chi connectivity index (χ3n) is 4.29. The minimum atomic E-state index is -3.23. The number of rotatable bonds is 6. The average molecular weight is 310 g/mol. The summed E-state index contributed by atoms with van der Waals surface area (Å²) in [5.74, 6) is -0.384. The highest BCUT2D eigenvalue weighted by atomic mass is 32.2. The molecule has 1 fully saturated rings. The van der Waals surface area contributed by atoms with E-state index in [9.17, 15) is 13.2 Å². The number of aliphatic carboxylic acids is 1. The van der Waals surface area contributed by atoms with E-state index in [-0.39, 0.29) is 17.8 Å². The molecule has 0 amide bonds. The van der Waals surface area contributed by atoms with Crippen molar-refractivity contribution in [2.75, 3.05) is 0 Å². The average Bonchev–Trinajstić information content (AvgIpc) is 3.18. The molecule has 1 aromatic rings. The maximum atomic E-state index is 12.1. The molecule has 0 radical (unpaired) electrons. The summed E-state index contributed by atoms with van der Waals surface area (Å²) in [6, 6.07) is 7.00. The van der Waals surface area contributed by atoms with Crippen LogP contribution in [0.2, 0.25) is 0 Å². The smallest absolute Gasteiger partial charge is 0.306 e. The summed E-state index contributed by atoms with van der Waals surface area (Å²) >= 11 is 0. The Kier molecular flexibility index (Phi) is 4.42. The molecule has 0 aliphatic heterocycles. The van der Waals surface area contributed by atoms with Crippen molar-refractivity contribution in [2.24, 2.45) is 11.8 Å². The van der Waals surface area contributed by atoms with E-state index in [4.69, 9.17) is 5.11 Å². The van der Waals surface area contributed by atoms with Crippen molar-refractivity contribution < 1.29 is 18.3 Å². The first-order valence-electron chi connectivity index (χ1n) is 7.30. The molecule has 0 bridgehead atoms. The lowest BCUT2D eigenvalue weighted by molar-refractivity contribution is -0.138. The van der Waals surface area contributed by atoms with E-state index in [2.05, 4.69) is 6.92 Å². The Hall–Kier alpha value is -1.36. The lowest BCUT2D eigenvalue weighted by atomic mass is 9.95. The van der Waals surface area contributed by atoms with Gasteiger partial charge in [-0.2, -0.15) is 0 Å². The molecule has 0 spiro atoms. The van der Waals surface area contributed by atoms with Gasteiger partial charge in [0, 0.05) is 0 Å². The summed E-state index contributed by atoms with van der Waals surface area (Å²) < 4.78 is 24.1. The molecule has 3 atom stereocenters. The standard InChI is InChI=1S/C16H22O4S/c1-10(2)21(19,20)14-6-4-12(5-7-14)11(3)8-13-9-15(13)16(17)18/h4-7,10-11,13,15H,8-9H2,1-3H3,(H,17,18). The van der Waals surface area contributed by atoms with Crippen molar-refractivity contribution in [2.45, 2.75) is 49.7 Å². The first-order valence-corrected chi connectivity index (χ1v) is 8.84. The number of carbonyl (C=O) groups is 1. The number of carboxylic acids is 1. The molecule has 1 saturated carbocycles. The maximum absolute atomic E-state index is 12.1. The minimum Gasteiger partial charge on any atom is -0.481 e. The molecule has 5 heteroatoms. The van der Waals surface area contributed by atoms with E-state index >= 15 is 0 Å². The first-order chi connectivity index (χ1) is 9.73. The van der Waals surface area contributed by atoms with Crippen LogP contribution in [0.1, 0.15) is 45.1 Å². The number of hydrogen-bond acceptors (Lipinski definition) is 3. The Balaban J connectivity index is 2.04. The summed E-state index contributed by atoms with van der Waals surface area (Å²) in [5.41, 5.74) is 1.06. The molecule has 4 nitrogen and oxygen atoms in total. The zero-order chi connectivity index (χ0) is 15.8. The van der Waals surface area contributed by atoms with Crippen LogP contribution in [0.15, 0.2) is 29.2 Å². The van der Waals surface area contributed by atoms with Crippen LogP contribution in [-0.2, 0) is 14.6 Å². The second-order valence-corrected chi connectivity index (χ2v) is 8.74. The van der Waals surface area contributed by atoms with Gasteiger partial charge in [-0.3, -0.25) is 4.79 Å². The van der Waals surface area contributed by atoms with Crippen LogP contribution in [0.3, 0.4) is 0 Å². The Bertz CT molecular complexity index is 616. The monoisotopic (exact) mass is 310 g/mol. The molecule has 1 N–H and O–H groups in total. The van der Waals surface area contributed by atoms with Gasteiger partial charge in [0.1, 0.15) is 0 Å². The van der Waals surface area contributed by atoms with E-state index in [1.807, 2.05) is 12.1 Å². The van der Waals surface area contributed by atoms with Gasteiger partial charge in [-0.25, -0.2) is 8.42 Å². The summed E-state index contributed by atoms with van der Waals surface area (Å²) in [6.07, 6.45) is 1.60. The molecule has 0 heterocycles. The fourth-order valence-electron chi connectivity index (χ4n) is 2.66. The van der Waals surface area contributed by atoms with Gasteiger partial charge in [-0.05, 0) is 56.2 Å². The highest BCUT2D eigenvalue weighted by Crippen LogP contribution is 2.45. The summed E-state index contributed by atoms with van der Waals surface area (Å²) in [7, 11) is -3.23. The second kappa shape index (κ2) is 5.79. The van der Waals surface area contributed by atoms with Crippen LogP contribution >= 0.6 is 0 Å². The summed E-state index contributed by atoms with van der Waals surface area (Å²) in [6.45, 7) is 5.40. The molecular formula is C16H22O4S. The van der Waals surface area contributed by atoms with Gasteiger partial charge in [-0.15, -0.1) is 0 Å². The SMILES string of the molecule is CC(CC1CC1C(=O)O)c1ccc(S(=O)(=O)C(C)C)cc1. The van der Waals surface area contributed by atoms with E-state index in [0.29, 0.717) is 4.90 Å². The fourth-order valence-corrected chi connectivity index (χ4v) is 3.72. The quantitative estimate of drug-likeness (QED) is 0.876. The van der Waals surface area contributed by atoms with Crippen molar-refractivity contribution in [3.05, 3.63) is 29.8 Å². The predicted octanol–water partition coefficient (Wildman–Crippen LogP) is 3.08. The summed E-state index contributed by atoms with van der Waals surface area (Å²) in [4.78, 5) is 11.2. The topological polar surface area (TPSA) is 71.4 Å². The maximum Gasteiger partial charge on any atom is 0.306 e. The lowest BCUT2D eigenvalue weighted by Gasteiger charge is -2.13. The van der Waals surface area contributed by atoms with E-state index in [0.717, 1.165) is 18.4 Å². The summed E-state index contributed by atoms with van der Waals surface area (Å²) in [5, 5.41) is 8.49. The number of carboxylic acid groups (broad SMARTS) is 1. The largest absolute Gasteiger partial charge is 0.481 e. The van der Waals surface area contributed by atoms with Gasteiger partial charge in [-0.1, -0.05) is 19.1 Å². The van der Waals surface area contributed by atoms with E-state index in [1.54, 1.807) is 26.0 Å². The molecule has 1 aromatic carbocycles. The van der Waals surface area contributed by atoms with Crippen LogP contribution in [-0.4, -0.2) is 24.7 Å². The van der Waals surface area contributed by atoms with Crippen molar-refractivity contribution in [1.82, 2.24) is 0 Å². The van der Waals surface area contributed by atoms with Gasteiger partial charge in [0.25, 0.3) is 0 Å². The Morgan fingerprint density at radius 2 is 1.81 bits per heavy atom. The first kappa shape index (κ1) is 16.0. The molecule has 0 aromatic heterocycles. The van der Waals surface area contributed by atoms with Crippen LogP contribution in [0.25, 0.3) is 0 Å². The van der Waals surface area contributed by atoms with E-state index < -0.39 is 21.1 Å². The zero-order valence-electron chi connectivity index (χ0n) is 12.6. The van der Waals surface area contributed by atoms with E-state index in [1.165, 1.54) is 0 Å². The Morgan fingerprint density at radius 1 is 1.24 bits per heavy atom. The molecule has 1 aliphatic rings. The van der Waals surface area contributed by atoms with Gasteiger partial charge in [0.2, 0.25) is 0 Å². The lowest BCUT2D eigenvalue weighted by Crippen LogP contribution is -2.14. The van der Waals surface area contributed by atoms with Crippen LogP contribution in [0.5, 0.6) is 0 Å². The molecule has 3 unspecified atom stereocenters. The minimum absolute atomic E-state index is 0.187. The van der Waals surface area contributed by atoms with Crippen LogP contribution in [0.4, 0.5) is 0 Å². The Morgan fingerprint density at radius 3 is 2.24 bits per heavy atom. The highest BCUT2D eigenvalue weighted by Gasteiger charge is 2.43. The number of benzene rings is 1. The Labute approximate surface area is 126 Å². The predicted molar refractivity (Wildman–Crippen MR) is 81.0 cm³/mol. The van der Waals surface area contributed by atoms with Crippen LogP contribution < -0.4 is 0 Å². The van der Waals surface area contributed by atoms with Crippen molar-refractivity contribution in [1.29, 1.82) is 0 Å². The van der Waals surface area contributed by atoms with Gasteiger partial charge >= 0.3 is 5.97 Å². The zero-order valence-corrected chi connectivity index (χ0v) is 13.4. The molecule has 0 saturated heterocycles. The molecule has 21 heavy (non-hydrogen) atoms. The highest BCUT2D eigenvalue weighted by molar-refractivity contribution is 7.92. The van der Waals surface area contributed by atoms with Crippen molar-refractivity contribution in [3.8, 4) is 0 Å². The van der Waals surface area contributed by atoms with Gasteiger partial charge < -0.3 is 5.11 Å². The molecule has 116 valence electrons. The number of sulfone groups is 1. The molecule has 1 aliphatic carbocycles. The fraction of sp³-hybridized carbons (Fsp3) is 0.562. The number of hydrogen-bond donors (Lipinski definition) is 1. The van der Waals surface area contributed by atoms with Gasteiger partial charge in [0.05, 0.1) is 16.1 Å². The molecular weight excluding hydrogens is 288 g/mol. The molecule has 2 rings (SSSR count). The van der Waals surface area contributed by atoms with Crippen molar-refractivity contribution in [3.63, 3.8) is 0 Å². The normalized spacial score (nSPS) is 23.0. The van der Waals surface area contributed by atoms with Crippen LogP contribution in [0, 0.1) is 11.8 Å². The third kappa shape index (κ3) is 3.46. The second-order valence-electron chi connectivity index (χ2n) is 6.24.